The van der Waals surface area contributed by atoms with E-state index in [9.17, 15) is 14.9 Å². The Hall–Kier alpha value is -1.56. The molecule has 20 heavy (non-hydrogen) atoms. The molecule has 0 aromatic heterocycles. The van der Waals surface area contributed by atoms with Gasteiger partial charge in [0.25, 0.3) is 5.69 Å². The van der Waals surface area contributed by atoms with Crippen LogP contribution in [0.5, 0.6) is 0 Å². The Labute approximate surface area is 121 Å². The first-order valence-corrected chi connectivity index (χ1v) is 7.53. The second-order valence-electron chi connectivity index (χ2n) is 5.25. The highest BCUT2D eigenvalue weighted by molar-refractivity contribution is 8.00. The zero-order chi connectivity index (χ0) is 14.7. The van der Waals surface area contributed by atoms with Gasteiger partial charge in [-0.2, -0.15) is 0 Å². The lowest BCUT2D eigenvalue weighted by Crippen LogP contribution is -2.15. The van der Waals surface area contributed by atoms with Gasteiger partial charge >= 0.3 is 5.97 Å². The summed E-state index contributed by atoms with van der Waals surface area (Å²) < 4.78 is 0. The third kappa shape index (κ3) is 3.50. The second kappa shape index (κ2) is 6.26. The molecule has 1 aromatic carbocycles. The van der Waals surface area contributed by atoms with E-state index in [1.165, 1.54) is 25.0 Å². The van der Waals surface area contributed by atoms with E-state index in [-0.39, 0.29) is 11.3 Å². The second-order valence-corrected chi connectivity index (χ2v) is 6.63. The van der Waals surface area contributed by atoms with E-state index in [4.69, 9.17) is 5.11 Å². The molecule has 0 spiro atoms. The lowest BCUT2D eigenvalue weighted by atomic mass is 9.91. The van der Waals surface area contributed by atoms with Crippen LogP contribution < -0.4 is 0 Å². The fraction of sp³-hybridized carbons (Fsp3) is 0.500. The maximum absolute atomic E-state index is 11.1. The largest absolute Gasteiger partial charge is 0.477 e. The normalized spacial score (nSPS) is 22.4. The Morgan fingerprint density at radius 2 is 2.20 bits per heavy atom. The van der Waals surface area contributed by atoms with E-state index in [1.54, 1.807) is 17.8 Å². The molecule has 2 rings (SSSR count). The molecular formula is C14H17NO4S. The van der Waals surface area contributed by atoms with Gasteiger partial charge in [-0.15, -0.1) is 11.8 Å². The molecule has 0 aliphatic heterocycles. The third-order valence-electron chi connectivity index (χ3n) is 3.59. The van der Waals surface area contributed by atoms with Crippen molar-refractivity contribution >= 4 is 23.4 Å². The van der Waals surface area contributed by atoms with Crippen molar-refractivity contribution in [3.8, 4) is 0 Å². The highest BCUT2D eigenvalue weighted by Crippen LogP contribution is 2.37. The first-order chi connectivity index (χ1) is 9.47. The molecule has 0 saturated heterocycles. The summed E-state index contributed by atoms with van der Waals surface area (Å²) in [4.78, 5) is 22.1. The molecule has 1 aliphatic carbocycles. The summed E-state index contributed by atoms with van der Waals surface area (Å²) in [5.41, 5.74) is -0.581. The van der Waals surface area contributed by atoms with Gasteiger partial charge in [-0.3, -0.25) is 10.1 Å². The van der Waals surface area contributed by atoms with Gasteiger partial charge in [0, 0.05) is 16.2 Å². The van der Waals surface area contributed by atoms with E-state index in [1.807, 2.05) is 0 Å². The smallest absolute Gasteiger partial charge is 0.342 e. The van der Waals surface area contributed by atoms with Crippen LogP contribution in [0.4, 0.5) is 5.69 Å². The summed E-state index contributed by atoms with van der Waals surface area (Å²) in [7, 11) is 0. The van der Waals surface area contributed by atoms with Crippen LogP contribution in [0.3, 0.4) is 0 Å². The van der Waals surface area contributed by atoms with Crippen molar-refractivity contribution in [3.05, 3.63) is 33.9 Å². The van der Waals surface area contributed by atoms with Gasteiger partial charge in [-0.05, 0) is 30.9 Å². The summed E-state index contributed by atoms with van der Waals surface area (Å²) in [6, 6.07) is 4.36. The van der Waals surface area contributed by atoms with Crippen molar-refractivity contribution in [3.63, 3.8) is 0 Å². The molecule has 1 fully saturated rings. The van der Waals surface area contributed by atoms with Gasteiger partial charge in [0.2, 0.25) is 0 Å². The summed E-state index contributed by atoms with van der Waals surface area (Å²) in [6.45, 7) is 2.23. The number of benzene rings is 1. The Balaban J connectivity index is 2.18. The number of nitrogens with zero attached hydrogens (tertiary/aromatic N) is 1. The average Bonchev–Trinajstić information content (AvgIpc) is 2.38. The molecule has 6 heteroatoms. The quantitative estimate of drug-likeness (QED) is 0.671. The molecule has 2 unspecified atom stereocenters. The standard InChI is InChI=1S/C14H17NO4S/c1-9-3-2-4-10(7-9)20-11-5-6-13(15(18)19)12(8-11)14(16)17/h5-6,8-10H,2-4,7H2,1H3,(H,16,17). The van der Waals surface area contributed by atoms with Gasteiger partial charge in [0.1, 0.15) is 5.56 Å². The maximum atomic E-state index is 11.1. The maximum Gasteiger partial charge on any atom is 0.342 e. The van der Waals surface area contributed by atoms with Gasteiger partial charge in [0.05, 0.1) is 4.92 Å². The van der Waals surface area contributed by atoms with E-state index < -0.39 is 10.9 Å². The number of hydrogen-bond donors (Lipinski definition) is 1. The first-order valence-electron chi connectivity index (χ1n) is 6.65. The van der Waals surface area contributed by atoms with Crippen LogP contribution in [-0.2, 0) is 0 Å². The topological polar surface area (TPSA) is 80.4 Å². The van der Waals surface area contributed by atoms with E-state index in [0.29, 0.717) is 11.2 Å². The van der Waals surface area contributed by atoms with Crippen molar-refractivity contribution in [2.24, 2.45) is 5.92 Å². The fourth-order valence-electron chi connectivity index (χ4n) is 2.60. The molecule has 5 nitrogen and oxygen atoms in total. The molecule has 0 amide bonds. The predicted octanol–water partition coefficient (Wildman–Crippen LogP) is 3.96. The number of hydrogen-bond acceptors (Lipinski definition) is 4. The summed E-state index contributed by atoms with van der Waals surface area (Å²) in [5, 5.41) is 20.4. The zero-order valence-corrected chi connectivity index (χ0v) is 12.1. The molecule has 2 atom stereocenters. The van der Waals surface area contributed by atoms with Crippen molar-refractivity contribution in [2.75, 3.05) is 0 Å². The predicted molar refractivity (Wildman–Crippen MR) is 77.3 cm³/mol. The van der Waals surface area contributed by atoms with E-state index in [2.05, 4.69) is 6.92 Å². The van der Waals surface area contributed by atoms with Crippen LogP contribution in [0.15, 0.2) is 23.1 Å². The van der Waals surface area contributed by atoms with Crippen LogP contribution in [0, 0.1) is 16.0 Å². The van der Waals surface area contributed by atoms with Crippen molar-refractivity contribution in [2.45, 2.75) is 42.8 Å². The Morgan fingerprint density at radius 3 is 2.80 bits per heavy atom. The van der Waals surface area contributed by atoms with Crippen molar-refractivity contribution in [1.29, 1.82) is 0 Å². The summed E-state index contributed by atoms with van der Waals surface area (Å²) >= 11 is 1.63. The Bertz CT molecular complexity index is 532. The molecular weight excluding hydrogens is 278 g/mol. The monoisotopic (exact) mass is 295 g/mol. The molecule has 0 bridgehead atoms. The van der Waals surface area contributed by atoms with Crippen molar-refractivity contribution in [1.82, 2.24) is 0 Å². The summed E-state index contributed by atoms with van der Waals surface area (Å²) in [5.74, 6) is -0.561. The lowest BCUT2D eigenvalue weighted by molar-refractivity contribution is -0.385. The van der Waals surface area contributed by atoms with Crippen LogP contribution >= 0.6 is 11.8 Å². The Kier molecular flexibility index (Phi) is 4.65. The van der Waals surface area contributed by atoms with Gasteiger partial charge in [-0.25, -0.2) is 4.79 Å². The highest BCUT2D eigenvalue weighted by atomic mass is 32.2. The third-order valence-corrected chi connectivity index (χ3v) is 4.87. The number of carboxylic acid groups (broad SMARTS) is 1. The first kappa shape index (κ1) is 14.8. The van der Waals surface area contributed by atoms with Crippen LogP contribution in [0.1, 0.15) is 43.0 Å². The number of thioether (sulfide) groups is 1. The van der Waals surface area contributed by atoms with Crippen LogP contribution in [0.25, 0.3) is 0 Å². The molecule has 1 aliphatic rings. The number of carbonyl (C=O) groups is 1. The molecule has 108 valence electrons. The fourth-order valence-corrected chi connectivity index (χ4v) is 4.02. The minimum atomic E-state index is -1.25. The van der Waals surface area contributed by atoms with E-state index in [0.717, 1.165) is 17.7 Å². The minimum Gasteiger partial charge on any atom is -0.477 e. The van der Waals surface area contributed by atoms with Crippen molar-refractivity contribution < 1.29 is 14.8 Å². The number of nitro groups is 1. The molecule has 1 saturated carbocycles. The van der Waals surface area contributed by atoms with Gasteiger partial charge in [0.15, 0.2) is 0 Å². The molecule has 0 radical (unpaired) electrons. The van der Waals surface area contributed by atoms with Crippen LogP contribution in [-0.4, -0.2) is 21.2 Å². The van der Waals surface area contributed by atoms with Gasteiger partial charge < -0.3 is 5.11 Å². The highest BCUT2D eigenvalue weighted by Gasteiger charge is 2.23. The zero-order valence-electron chi connectivity index (χ0n) is 11.2. The minimum absolute atomic E-state index is 0.233. The number of rotatable bonds is 4. The lowest BCUT2D eigenvalue weighted by Gasteiger charge is -2.26. The van der Waals surface area contributed by atoms with E-state index >= 15 is 0 Å². The number of nitro benzene ring substituents is 1. The van der Waals surface area contributed by atoms with Crippen LogP contribution in [0.2, 0.25) is 0 Å². The number of carboxylic acids is 1. The number of aromatic carboxylic acids is 1. The molecule has 1 N–H and O–H groups in total. The van der Waals surface area contributed by atoms with Gasteiger partial charge in [-0.1, -0.05) is 19.8 Å². The SMILES string of the molecule is CC1CCCC(Sc2ccc([N+](=O)[O-])c(C(=O)O)c2)C1. The molecule has 0 heterocycles. The molecule has 1 aromatic rings. The summed E-state index contributed by atoms with van der Waals surface area (Å²) in [6.07, 6.45) is 4.67. The average molecular weight is 295 g/mol. The Morgan fingerprint density at radius 1 is 1.45 bits per heavy atom.